The molecule has 0 saturated heterocycles. The molecule has 3 rings (SSSR count). The molecule has 0 aliphatic heterocycles. The predicted molar refractivity (Wildman–Crippen MR) is 94.3 cm³/mol. The second kappa shape index (κ2) is 6.04. The molecule has 0 bridgehead atoms. The maximum Gasteiger partial charge on any atom is 0.317 e. The highest BCUT2D eigenvalue weighted by atomic mass is 16.3. The van der Waals surface area contributed by atoms with Gasteiger partial charge < -0.3 is 16.2 Å². The summed E-state index contributed by atoms with van der Waals surface area (Å²) >= 11 is 0. The van der Waals surface area contributed by atoms with E-state index in [1.54, 1.807) is 0 Å². The fourth-order valence-electron chi connectivity index (χ4n) is 2.66. The Balaban J connectivity index is 2.21. The number of hydrogen-bond acceptors (Lipinski definition) is 5. The van der Waals surface area contributed by atoms with Crippen molar-refractivity contribution >= 4 is 23.4 Å². The van der Waals surface area contributed by atoms with Crippen LogP contribution in [-0.4, -0.2) is 37.3 Å². The monoisotopic (exact) mass is 362 g/mol. The van der Waals surface area contributed by atoms with E-state index in [2.05, 4.69) is 15.7 Å². The molecule has 0 spiro atoms. The van der Waals surface area contributed by atoms with Crippen molar-refractivity contribution in [3.05, 3.63) is 22.0 Å². The number of anilines is 1. The van der Waals surface area contributed by atoms with Crippen LogP contribution in [0.25, 0.3) is 5.65 Å². The molecule has 10 heteroatoms. The standard InChI is InChI=1S/C16H22N6O4/c1-16(2,3)7-21-10-6-9(19-15(17)26)20-22(10)14(25)11(13(21)24)12(23)18-8-4-5-8/h6,8,25H,4-5,7H2,1-3H3,(H,18,23)(H3,17,19,20,26). The number of fused-ring (bicyclic) bond motifs is 1. The lowest BCUT2D eigenvalue weighted by molar-refractivity contribution is 0.0944. The average Bonchev–Trinajstić information content (AvgIpc) is 3.19. The number of nitrogens with two attached hydrogens (primary N) is 1. The Bertz CT molecular complexity index is 948. The number of carbonyl (C=O) groups excluding carboxylic acids is 2. The number of rotatable bonds is 4. The molecule has 0 atom stereocenters. The van der Waals surface area contributed by atoms with Crippen LogP contribution in [0.3, 0.4) is 0 Å². The number of nitrogens with zero attached hydrogens (tertiary/aromatic N) is 3. The summed E-state index contributed by atoms with van der Waals surface area (Å²) < 4.78 is 2.42. The van der Waals surface area contributed by atoms with Crippen molar-refractivity contribution in [3.63, 3.8) is 0 Å². The van der Waals surface area contributed by atoms with Crippen molar-refractivity contribution in [3.8, 4) is 5.88 Å². The third-order valence-corrected chi connectivity index (χ3v) is 3.87. The van der Waals surface area contributed by atoms with Crippen LogP contribution >= 0.6 is 0 Å². The van der Waals surface area contributed by atoms with Crippen molar-refractivity contribution in [2.24, 2.45) is 11.1 Å². The third-order valence-electron chi connectivity index (χ3n) is 3.87. The highest BCUT2D eigenvalue weighted by Gasteiger charge is 2.30. The van der Waals surface area contributed by atoms with Gasteiger partial charge >= 0.3 is 6.03 Å². The number of amides is 3. The minimum Gasteiger partial charge on any atom is -0.492 e. The van der Waals surface area contributed by atoms with Gasteiger partial charge in [-0.05, 0) is 18.3 Å². The molecule has 0 radical (unpaired) electrons. The zero-order valence-electron chi connectivity index (χ0n) is 14.9. The summed E-state index contributed by atoms with van der Waals surface area (Å²) in [4.78, 5) is 36.5. The van der Waals surface area contributed by atoms with Crippen molar-refractivity contribution < 1.29 is 14.7 Å². The van der Waals surface area contributed by atoms with Crippen LogP contribution in [0.1, 0.15) is 44.0 Å². The Morgan fingerprint density at radius 3 is 2.58 bits per heavy atom. The third kappa shape index (κ3) is 3.48. The van der Waals surface area contributed by atoms with E-state index in [0.29, 0.717) is 0 Å². The maximum absolute atomic E-state index is 12.9. The molecule has 1 saturated carbocycles. The Kier molecular flexibility index (Phi) is 4.13. The SMILES string of the molecule is CC(C)(C)Cn1c(=O)c(C(=O)NC2CC2)c(O)n2nc(NC(N)=O)cc12. The molecular weight excluding hydrogens is 340 g/mol. The van der Waals surface area contributed by atoms with Crippen molar-refractivity contribution in [2.75, 3.05) is 5.32 Å². The summed E-state index contributed by atoms with van der Waals surface area (Å²) in [5.41, 5.74) is 4.07. The zero-order chi connectivity index (χ0) is 19.2. The highest BCUT2D eigenvalue weighted by molar-refractivity contribution is 5.96. The number of nitrogens with one attached hydrogen (secondary N) is 2. The number of hydrogen-bond donors (Lipinski definition) is 4. The topological polar surface area (TPSA) is 144 Å². The minimum atomic E-state index is -0.829. The van der Waals surface area contributed by atoms with Crippen LogP contribution in [-0.2, 0) is 6.54 Å². The van der Waals surface area contributed by atoms with Crippen LogP contribution in [0.15, 0.2) is 10.9 Å². The fraction of sp³-hybridized carbons (Fsp3) is 0.500. The quantitative estimate of drug-likeness (QED) is 0.630. The molecule has 0 unspecified atom stereocenters. The Morgan fingerprint density at radius 1 is 1.38 bits per heavy atom. The van der Waals surface area contributed by atoms with Crippen LogP contribution < -0.4 is 21.9 Å². The van der Waals surface area contributed by atoms with E-state index >= 15 is 0 Å². The molecule has 1 fully saturated rings. The van der Waals surface area contributed by atoms with Gasteiger partial charge in [-0.25, -0.2) is 4.79 Å². The summed E-state index contributed by atoms with van der Waals surface area (Å²) in [6, 6.07) is 0.613. The summed E-state index contributed by atoms with van der Waals surface area (Å²) in [5.74, 6) is -1.15. The van der Waals surface area contributed by atoms with Crippen LogP contribution in [0.5, 0.6) is 5.88 Å². The second-order valence-electron chi connectivity index (χ2n) is 7.69. The number of aromatic hydroxyl groups is 1. The Morgan fingerprint density at radius 2 is 2.04 bits per heavy atom. The molecule has 2 aromatic rings. The minimum absolute atomic E-state index is 0.0257. The van der Waals surface area contributed by atoms with E-state index in [4.69, 9.17) is 5.73 Å². The Hall–Kier alpha value is -3.04. The Labute approximate surface area is 149 Å². The second-order valence-corrected chi connectivity index (χ2v) is 7.69. The first-order valence-electron chi connectivity index (χ1n) is 8.29. The van der Waals surface area contributed by atoms with E-state index in [0.717, 1.165) is 17.4 Å². The highest BCUT2D eigenvalue weighted by Crippen LogP contribution is 2.24. The molecule has 1 aliphatic carbocycles. The molecule has 0 aromatic carbocycles. The molecule has 5 N–H and O–H groups in total. The molecule has 26 heavy (non-hydrogen) atoms. The molecule has 10 nitrogen and oxygen atoms in total. The van der Waals surface area contributed by atoms with Gasteiger partial charge in [0.2, 0.25) is 5.88 Å². The summed E-state index contributed by atoms with van der Waals surface area (Å²) in [5, 5.41) is 19.5. The van der Waals surface area contributed by atoms with E-state index in [9.17, 15) is 19.5 Å². The van der Waals surface area contributed by atoms with Gasteiger partial charge in [0.25, 0.3) is 11.5 Å². The lowest BCUT2D eigenvalue weighted by Crippen LogP contribution is -2.37. The van der Waals surface area contributed by atoms with E-state index in [1.807, 2.05) is 20.8 Å². The number of carbonyl (C=O) groups is 2. The average molecular weight is 362 g/mol. The zero-order valence-corrected chi connectivity index (χ0v) is 14.9. The van der Waals surface area contributed by atoms with Crippen molar-refractivity contribution in [1.29, 1.82) is 0 Å². The summed E-state index contributed by atoms with van der Waals surface area (Å²) in [7, 11) is 0. The predicted octanol–water partition coefficient (Wildman–Crippen LogP) is 0.630. The lowest BCUT2D eigenvalue weighted by Gasteiger charge is -2.21. The molecule has 1 aliphatic rings. The van der Waals surface area contributed by atoms with Crippen LogP contribution in [0, 0.1) is 5.41 Å². The van der Waals surface area contributed by atoms with E-state index < -0.39 is 23.4 Å². The molecule has 2 aromatic heterocycles. The molecular formula is C16H22N6O4. The number of primary amides is 1. The lowest BCUT2D eigenvalue weighted by atomic mass is 9.97. The first-order chi connectivity index (χ1) is 12.1. The molecule has 140 valence electrons. The fourth-order valence-corrected chi connectivity index (χ4v) is 2.66. The van der Waals surface area contributed by atoms with Gasteiger partial charge in [-0.3, -0.25) is 19.5 Å². The summed E-state index contributed by atoms with van der Waals surface area (Å²) in [6.45, 7) is 6.09. The van der Waals surface area contributed by atoms with E-state index in [1.165, 1.54) is 10.6 Å². The van der Waals surface area contributed by atoms with Gasteiger partial charge in [-0.15, -0.1) is 5.10 Å². The van der Waals surface area contributed by atoms with Crippen molar-refractivity contribution in [1.82, 2.24) is 19.5 Å². The van der Waals surface area contributed by atoms with Gasteiger partial charge in [0.05, 0.1) is 0 Å². The van der Waals surface area contributed by atoms with Crippen LogP contribution in [0.4, 0.5) is 10.6 Å². The van der Waals surface area contributed by atoms with Crippen LogP contribution in [0.2, 0.25) is 0 Å². The van der Waals surface area contributed by atoms with Crippen molar-refractivity contribution in [2.45, 2.75) is 46.2 Å². The van der Waals surface area contributed by atoms with Gasteiger partial charge in [0, 0.05) is 18.7 Å². The van der Waals surface area contributed by atoms with Gasteiger partial charge in [-0.2, -0.15) is 4.52 Å². The maximum atomic E-state index is 12.9. The number of aromatic nitrogens is 3. The normalized spacial score (nSPS) is 14.4. The van der Waals surface area contributed by atoms with E-state index in [-0.39, 0.29) is 35.0 Å². The van der Waals surface area contributed by atoms with Gasteiger partial charge in [-0.1, -0.05) is 20.8 Å². The smallest absolute Gasteiger partial charge is 0.317 e. The number of urea groups is 1. The first kappa shape index (κ1) is 17.8. The first-order valence-corrected chi connectivity index (χ1v) is 8.29. The molecule has 3 amide bonds. The largest absolute Gasteiger partial charge is 0.492 e. The van der Waals surface area contributed by atoms with Gasteiger partial charge in [0.1, 0.15) is 5.65 Å². The van der Waals surface area contributed by atoms with Gasteiger partial charge in [0.15, 0.2) is 11.4 Å². The summed E-state index contributed by atoms with van der Waals surface area (Å²) in [6.07, 6.45) is 1.69. The molecule has 2 heterocycles.